The molecule has 0 aliphatic rings. The highest BCUT2D eigenvalue weighted by Crippen LogP contribution is 2.26. The van der Waals surface area contributed by atoms with E-state index in [-0.39, 0.29) is 6.04 Å². The first-order valence-corrected chi connectivity index (χ1v) is 6.05. The number of hydrazine groups is 1. The van der Waals surface area contributed by atoms with Gasteiger partial charge in [0.2, 0.25) is 0 Å². The second-order valence-electron chi connectivity index (χ2n) is 4.84. The van der Waals surface area contributed by atoms with E-state index in [1.165, 1.54) is 22.3 Å². The van der Waals surface area contributed by atoms with Crippen LogP contribution in [0.3, 0.4) is 0 Å². The molecule has 0 bridgehead atoms. The fourth-order valence-corrected chi connectivity index (χ4v) is 2.25. The molecule has 0 saturated heterocycles. The molecule has 2 rings (SSSR count). The predicted molar refractivity (Wildman–Crippen MR) is 73.0 cm³/mol. The molecule has 18 heavy (non-hydrogen) atoms. The van der Waals surface area contributed by atoms with E-state index in [1.54, 1.807) is 4.68 Å². The molecule has 0 aliphatic heterocycles. The van der Waals surface area contributed by atoms with Crippen molar-refractivity contribution in [3.05, 3.63) is 52.3 Å². The first kappa shape index (κ1) is 12.8. The van der Waals surface area contributed by atoms with Gasteiger partial charge in [0.15, 0.2) is 0 Å². The summed E-state index contributed by atoms with van der Waals surface area (Å²) in [6.07, 6.45) is 3.83. The van der Waals surface area contributed by atoms with Crippen molar-refractivity contribution in [2.75, 3.05) is 0 Å². The number of hydrogen-bond acceptors (Lipinski definition) is 3. The lowest BCUT2D eigenvalue weighted by molar-refractivity contribution is 0.632. The van der Waals surface area contributed by atoms with Gasteiger partial charge >= 0.3 is 0 Å². The van der Waals surface area contributed by atoms with E-state index in [0.717, 1.165) is 5.56 Å². The Morgan fingerprint density at radius 1 is 1.17 bits per heavy atom. The van der Waals surface area contributed by atoms with Crippen LogP contribution in [0.25, 0.3) is 0 Å². The minimum absolute atomic E-state index is 0.0157. The average Bonchev–Trinajstić information content (AvgIpc) is 2.73. The van der Waals surface area contributed by atoms with Crippen LogP contribution < -0.4 is 11.3 Å². The normalized spacial score (nSPS) is 12.7. The number of nitrogens with zero attached hydrogens (tertiary/aromatic N) is 2. The maximum absolute atomic E-state index is 5.72. The second-order valence-corrected chi connectivity index (χ2v) is 4.84. The van der Waals surface area contributed by atoms with Crippen molar-refractivity contribution in [2.45, 2.75) is 26.8 Å². The van der Waals surface area contributed by atoms with Crippen LogP contribution in [0.15, 0.2) is 24.5 Å². The molecule has 1 atom stereocenters. The lowest BCUT2D eigenvalue weighted by Crippen LogP contribution is -2.29. The first-order chi connectivity index (χ1) is 8.52. The highest BCUT2D eigenvalue weighted by Gasteiger charge is 2.16. The van der Waals surface area contributed by atoms with Crippen molar-refractivity contribution in [3.8, 4) is 0 Å². The Hall–Kier alpha value is -1.65. The largest absolute Gasteiger partial charge is 0.275 e. The summed E-state index contributed by atoms with van der Waals surface area (Å²) < 4.78 is 1.79. The van der Waals surface area contributed by atoms with Gasteiger partial charge in [-0.15, -0.1) is 0 Å². The Morgan fingerprint density at radius 2 is 1.83 bits per heavy atom. The zero-order valence-electron chi connectivity index (χ0n) is 11.4. The SMILES string of the molecule is Cc1cc(C)c(C(NN)c2cnn(C)c2)cc1C. The molecule has 1 aromatic carbocycles. The Balaban J connectivity index is 2.48. The first-order valence-electron chi connectivity index (χ1n) is 6.05. The molecule has 3 N–H and O–H groups in total. The van der Waals surface area contributed by atoms with Gasteiger partial charge in [0, 0.05) is 18.8 Å². The summed E-state index contributed by atoms with van der Waals surface area (Å²) in [4.78, 5) is 0. The summed E-state index contributed by atoms with van der Waals surface area (Å²) in [5.74, 6) is 5.72. The summed E-state index contributed by atoms with van der Waals surface area (Å²) in [5.41, 5.74) is 8.98. The van der Waals surface area contributed by atoms with E-state index in [1.807, 2.05) is 19.4 Å². The Morgan fingerprint density at radius 3 is 2.39 bits per heavy atom. The third-order valence-electron chi connectivity index (χ3n) is 3.42. The van der Waals surface area contributed by atoms with E-state index in [2.05, 4.69) is 43.4 Å². The van der Waals surface area contributed by atoms with E-state index in [9.17, 15) is 0 Å². The van der Waals surface area contributed by atoms with Crippen molar-refractivity contribution in [1.29, 1.82) is 0 Å². The fraction of sp³-hybridized carbons (Fsp3) is 0.357. The minimum atomic E-state index is -0.0157. The lowest BCUT2D eigenvalue weighted by atomic mass is 9.93. The monoisotopic (exact) mass is 244 g/mol. The van der Waals surface area contributed by atoms with Crippen molar-refractivity contribution >= 4 is 0 Å². The van der Waals surface area contributed by atoms with E-state index < -0.39 is 0 Å². The molecular formula is C14H20N4. The molecule has 0 radical (unpaired) electrons. The lowest BCUT2D eigenvalue weighted by Gasteiger charge is -2.19. The molecule has 0 saturated carbocycles. The maximum Gasteiger partial charge on any atom is 0.0743 e. The number of aromatic nitrogens is 2. The Bertz CT molecular complexity index is 557. The van der Waals surface area contributed by atoms with Crippen LogP contribution in [0, 0.1) is 20.8 Å². The smallest absolute Gasteiger partial charge is 0.0743 e. The molecule has 4 nitrogen and oxygen atoms in total. The van der Waals surface area contributed by atoms with Crippen LogP contribution >= 0.6 is 0 Å². The molecular weight excluding hydrogens is 224 g/mol. The van der Waals surface area contributed by atoms with Crippen molar-refractivity contribution in [2.24, 2.45) is 12.9 Å². The summed E-state index contributed by atoms with van der Waals surface area (Å²) in [7, 11) is 1.91. The summed E-state index contributed by atoms with van der Waals surface area (Å²) in [6, 6.07) is 4.38. The van der Waals surface area contributed by atoms with Gasteiger partial charge in [0.25, 0.3) is 0 Å². The molecule has 1 heterocycles. The molecule has 0 amide bonds. The van der Waals surface area contributed by atoms with E-state index >= 15 is 0 Å². The maximum atomic E-state index is 5.72. The summed E-state index contributed by atoms with van der Waals surface area (Å²) in [5, 5.41) is 4.20. The number of nitrogens with two attached hydrogens (primary N) is 1. The van der Waals surface area contributed by atoms with E-state index in [0.29, 0.717) is 0 Å². The summed E-state index contributed by atoms with van der Waals surface area (Å²) in [6.45, 7) is 6.36. The molecule has 96 valence electrons. The predicted octanol–water partition coefficient (Wildman–Crippen LogP) is 1.90. The number of rotatable bonds is 3. The van der Waals surface area contributed by atoms with Gasteiger partial charge in [0.1, 0.15) is 0 Å². The molecule has 0 fully saturated rings. The van der Waals surface area contributed by atoms with Gasteiger partial charge in [-0.05, 0) is 43.0 Å². The third-order valence-corrected chi connectivity index (χ3v) is 3.42. The van der Waals surface area contributed by atoms with Crippen LogP contribution in [0.5, 0.6) is 0 Å². The van der Waals surface area contributed by atoms with Gasteiger partial charge in [-0.3, -0.25) is 10.5 Å². The highest BCUT2D eigenvalue weighted by molar-refractivity contribution is 5.41. The molecule has 0 spiro atoms. The van der Waals surface area contributed by atoms with Crippen molar-refractivity contribution in [1.82, 2.24) is 15.2 Å². The van der Waals surface area contributed by atoms with Gasteiger partial charge in [-0.1, -0.05) is 12.1 Å². The zero-order valence-corrected chi connectivity index (χ0v) is 11.4. The summed E-state index contributed by atoms with van der Waals surface area (Å²) >= 11 is 0. The molecule has 0 aliphatic carbocycles. The highest BCUT2D eigenvalue weighted by atomic mass is 15.3. The van der Waals surface area contributed by atoms with Gasteiger partial charge < -0.3 is 0 Å². The fourth-order valence-electron chi connectivity index (χ4n) is 2.25. The van der Waals surface area contributed by atoms with Crippen LogP contribution in [0.4, 0.5) is 0 Å². The van der Waals surface area contributed by atoms with Crippen molar-refractivity contribution in [3.63, 3.8) is 0 Å². The van der Waals surface area contributed by atoms with E-state index in [4.69, 9.17) is 5.84 Å². The molecule has 1 unspecified atom stereocenters. The van der Waals surface area contributed by atoms with Crippen LogP contribution in [-0.2, 0) is 7.05 Å². The number of nitrogens with one attached hydrogen (secondary N) is 1. The molecule has 2 aromatic rings. The van der Waals surface area contributed by atoms with Crippen LogP contribution in [0.2, 0.25) is 0 Å². The van der Waals surface area contributed by atoms with Crippen LogP contribution in [0.1, 0.15) is 33.9 Å². The Kier molecular flexibility index (Phi) is 3.50. The quantitative estimate of drug-likeness (QED) is 0.640. The third kappa shape index (κ3) is 2.30. The average molecular weight is 244 g/mol. The van der Waals surface area contributed by atoms with Gasteiger partial charge in [-0.25, -0.2) is 5.43 Å². The topological polar surface area (TPSA) is 55.9 Å². The zero-order chi connectivity index (χ0) is 13.3. The molecule has 4 heteroatoms. The van der Waals surface area contributed by atoms with Gasteiger partial charge in [0.05, 0.1) is 12.2 Å². The number of benzene rings is 1. The Labute approximate surface area is 108 Å². The van der Waals surface area contributed by atoms with Gasteiger partial charge in [-0.2, -0.15) is 5.10 Å². The second kappa shape index (κ2) is 4.92. The number of hydrogen-bond donors (Lipinski definition) is 2. The van der Waals surface area contributed by atoms with Crippen molar-refractivity contribution < 1.29 is 0 Å². The minimum Gasteiger partial charge on any atom is -0.275 e. The standard InChI is InChI=1S/C14H20N4/c1-9-5-11(3)13(6-10(9)2)14(17-15)12-7-16-18(4)8-12/h5-8,14,17H,15H2,1-4H3. The number of aryl methyl sites for hydroxylation is 4. The van der Waals surface area contributed by atoms with Crippen LogP contribution in [-0.4, -0.2) is 9.78 Å². The molecule has 1 aromatic heterocycles.